The van der Waals surface area contributed by atoms with Crippen molar-refractivity contribution in [1.29, 1.82) is 0 Å². The molecule has 0 aromatic heterocycles. The van der Waals surface area contributed by atoms with Gasteiger partial charge < -0.3 is 4.48 Å². The molecule has 1 heteroatoms. The minimum absolute atomic E-state index is 0.969. The van der Waals surface area contributed by atoms with E-state index >= 15 is 0 Å². The molecule has 2 atom stereocenters. The van der Waals surface area contributed by atoms with E-state index in [1.807, 2.05) is 0 Å². The van der Waals surface area contributed by atoms with E-state index in [1.54, 1.807) is 0 Å². The monoisotopic (exact) mass is 142 g/mol. The van der Waals surface area contributed by atoms with Gasteiger partial charge in [0.2, 0.25) is 0 Å². The van der Waals surface area contributed by atoms with Crippen molar-refractivity contribution in [1.82, 2.24) is 0 Å². The highest BCUT2D eigenvalue weighted by molar-refractivity contribution is 4.59. The minimum atomic E-state index is 0.969. The lowest BCUT2D eigenvalue weighted by atomic mass is 10.2. The molecule has 60 valence electrons. The average molecular weight is 142 g/mol. The number of rotatable bonds is 2. The lowest BCUT2D eigenvalue weighted by Gasteiger charge is -2.28. The first kappa shape index (κ1) is 8.06. The van der Waals surface area contributed by atoms with Crippen molar-refractivity contribution >= 4 is 0 Å². The Bertz CT molecular complexity index is 107. The van der Waals surface area contributed by atoms with Crippen LogP contribution in [-0.2, 0) is 0 Å². The highest BCUT2D eigenvalue weighted by Crippen LogP contribution is 2.21. The van der Waals surface area contributed by atoms with Gasteiger partial charge in [0.25, 0.3) is 0 Å². The van der Waals surface area contributed by atoms with Crippen LogP contribution in [0.3, 0.4) is 0 Å². The first-order valence-corrected chi connectivity index (χ1v) is 4.50. The Morgan fingerprint density at radius 3 is 2.60 bits per heavy atom. The smallest absolute Gasteiger partial charge is 0.0812 e. The normalized spacial score (nSPS) is 40.5. The lowest BCUT2D eigenvalue weighted by molar-refractivity contribution is -0.899. The summed E-state index contributed by atoms with van der Waals surface area (Å²) in [6, 6.07) is 0. The first-order valence-electron chi connectivity index (χ1n) is 4.50. The van der Waals surface area contributed by atoms with E-state index in [0.717, 1.165) is 5.92 Å². The van der Waals surface area contributed by atoms with Crippen LogP contribution in [0.5, 0.6) is 0 Å². The molecule has 1 saturated heterocycles. The first-order chi connectivity index (χ1) is 4.66. The molecule has 1 aliphatic heterocycles. The van der Waals surface area contributed by atoms with Crippen LogP contribution in [0.4, 0.5) is 0 Å². The van der Waals surface area contributed by atoms with Crippen molar-refractivity contribution in [2.75, 3.05) is 26.7 Å². The van der Waals surface area contributed by atoms with Crippen LogP contribution in [0.1, 0.15) is 26.7 Å². The number of nitrogens with zero attached hydrogens (tertiary/aromatic N) is 1. The zero-order valence-electron chi connectivity index (χ0n) is 7.56. The van der Waals surface area contributed by atoms with E-state index in [2.05, 4.69) is 20.9 Å². The summed E-state index contributed by atoms with van der Waals surface area (Å²) >= 11 is 0. The number of hydrogen-bond donors (Lipinski definition) is 0. The molecule has 1 nitrogen and oxygen atoms in total. The molecule has 0 amide bonds. The predicted molar refractivity (Wildman–Crippen MR) is 44.9 cm³/mol. The molecule has 1 fully saturated rings. The van der Waals surface area contributed by atoms with Gasteiger partial charge in [-0.15, -0.1) is 0 Å². The zero-order valence-corrected chi connectivity index (χ0v) is 7.56. The summed E-state index contributed by atoms with van der Waals surface area (Å²) in [7, 11) is 2.40. The molecule has 10 heavy (non-hydrogen) atoms. The summed E-state index contributed by atoms with van der Waals surface area (Å²) in [5, 5.41) is 0. The maximum Gasteiger partial charge on any atom is 0.0812 e. The molecule has 1 heterocycles. The molecule has 0 aromatic rings. The third-order valence-corrected chi connectivity index (χ3v) is 2.68. The molecule has 0 radical (unpaired) electrons. The fourth-order valence-electron chi connectivity index (χ4n) is 2.21. The summed E-state index contributed by atoms with van der Waals surface area (Å²) in [6.07, 6.45) is 2.78. The molecule has 0 aliphatic carbocycles. The van der Waals surface area contributed by atoms with Crippen molar-refractivity contribution < 1.29 is 4.48 Å². The second-order valence-electron chi connectivity index (χ2n) is 4.14. The van der Waals surface area contributed by atoms with Gasteiger partial charge >= 0.3 is 0 Å². The van der Waals surface area contributed by atoms with Gasteiger partial charge in [-0.25, -0.2) is 0 Å². The van der Waals surface area contributed by atoms with Crippen LogP contribution in [0.25, 0.3) is 0 Å². The summed E-state index contributed by atoms with van der Waals surface area (Å²) < 4.78 is 1.33. The molecule has 0 aromatic carbocycles. The summed E-state index contributed by atoms with van der Waals surface area (Å²) in [5.41, 5.74) is 0. The van der Waals surface area contributed by atoms with Crippen LogP contribution >= 0.6 is 0 Å². The molecule has 0 saturated carbocycles. The van der Waals surface area contributed by atoms with Gasteiger partial charge in [-0.2, -0.15) is 0 Å². The van der Waals surface area contributed by atoms with Crippen LogP contribution in [-0.4, -0.2) is 31.2 Å². The molecular weight excluding hydrogens is 122 g/mol. The lowest BCUT2D eigenvalue weighted by Crippen LogP contribution is -2.41. The molecule has 0 N–H and O–H groups in total. The number of likely N-dealkylation sites (tertiary alicyclic amines) is 1. The van der Waals surface area contributed by atoms with Crippen LogP contribution in [0, 0.1) is 5.92 Å². The Labute approximate surface area is 64.6 Å². The maximum absolute atomic E-state index is 2.40. The average Bonchev–Trinajstić information content (AvgIpc) is 2.12. The Balaban J connectivity index is 2.38. The van der Waals surface area contributed by atoms with Crippen LogP contribution < -0.4 is 0 Å². The van der Waals surface area contributed by atoms with Crippen molar-refractivity contribution in [3.05, 3.63) is 0 Å². The maximum atomic E-state index is 2.40. The van der Waals surface area contributed by atoms with Gasteiger partial charge in [-0.05, 0) is 6.42 Å². The Kier molecular flexibility index (Phi) is 2.35. The largest absolute Gasteiger partial charge is 0.326 e. The zero-order chi connectivity index (χ0) is 7.61. The van der Waals surface area contributed by atoms with E-state index in [1.165, 1.54) is 37.0 Å². The molecule has 0 bridgehead atoms. The summed E-state index contributed by atoms with van der Waals surface area (Å²) in [4.78, 5) is 0. The predicted octanol–water partition coefficient (Wildman–Crippen LogP) is 1.88. The van der Waals surface area contributed by atoms with E-state index < -0.39 is 0 Å². The van der Waals surface area contributed by atoms with Gasteiger partial charge in [-0.1, -0.05) is 13.8 Å². The van der Waals surface area contributed by atoms with E-state index in [0.29, 0.717) is 0 Å². The van der Waals surface area contributed by atoms with Crippen molar-refractivity contribution in [2.45, 2.75) is 26.7 Å². The van der Waals surface area contributed by atoms with Gasteiger partial charge in [0.05, 0.1) is 26.7 Å². The molecular formula is C9H20N+. The van der Waals surface area contributed by atoms with Gasteiger partial charge in [0.15, 0.2) is 0 Å². The number of quaternary nitrogens is 1. The fourth-order valence-corrected chi connectivity index (χ4v) is 2.21. The van der Waals surface area contributed by atoms with E-state index in [-0.39, 0.29) is 0 Å². The number of hydrogen-bond acceptors (Lipinski definition) is 0. The Morgan fingerprint density at radius 2 is 2.20 bits per heavy atom. The molecule has 0 spiro atoms. The molecule has 1 rings (SSSR count). The minimum Gasteiger partial charge on any atom is -0.326 e. The van der Waals surface area contributed by atoms with E-state index in [9.17, 15) is 0 Å². The summed E-state index contributed by atoms with van der Waals surface area (Å²) in [5.74, 6) is 0.969. The Hall–Kier alpha value is -0.0400. The fraction of sp³-hybridized carbons (Fsp3) is 1.00. The van der Waals surface area contributed by atoms with Crippen molar-refractivity contribution in [3.63, 3.8) is 0 Å². The van der Waals surface area contributed by atoms with Crippen LogP contribution in [0.2, 0.25) is 0 Å². The van der Waals surface area contributed by atoms with Gasteiger partial charge in [0, 0.05) is 12.3 Å². The SMILES string of the molecule is CCC[N+]1(C)CCC(C)C1. The summed E-state index contributed by atoms with van der Waals surface area (Å²) in [6.45, 7) is 8.86. The Morgan fingerprint density at radius 1 is 1.50 bits per heavy atom. The quantitative estimate of drug-likeness (QED) is 0.516. The third kappa shape index (κ3) is 1.72. The van der Waals surface area contributed by atoms with Gasteiger partial charge in [-0.3, -0.25) is 0 Å². The second kappa shape index (κ2) is 2.91. The second-order valence-corrected chi connectivity index (χ2v) is 4.14. The molecule has 2 unspecified atom stereocenters. The topological polar surface area (TPSA) is 0 Å². The van der Waals surface area contributed by atoms with Crippen LogP contribution in [0.15, 0.2) is 0 Å². The van der Waals surface area contributed by atoms with Crippen molar-refractivity contribution in [2.24, 2.45) is 5.92 Å². The highest BCUT2D eigenvalue weighted by Gasteiger charge is 2.30. The van der Waals surface area contributed by atoms with E-state index in [4.69, 9.17) is 0 Å². The van der Waals surface area contributed by atoms with Gasteiger partial charge in [0.1, 0.15) is 0 Å². The third-order valence-electron chi connectivity index (χ3n) is 2.68. The highest BCUT2D eigenvalue weighted by atomic mass is 15.3. The molecule has 1 aliphatic rings. The van der Waals surface area contributed by atoms with Crippen molar-refractivity contribution in [3.8, 4) is 0 Å². The standard InChI is InChI=1S/C9H20N/c1-4-6-10(3)7-5-9(2)8-10/h9H,4-8H2,1-3H3/q+1.